The molecule has 30 heavy (non-hydrogen) atoms. The Kier molecular flexibility index (Phi) is 7.33. The van der Waals surface area contributed by atoms with Crippen LogP contribution in [-0.2, 0) is 15.5 Å². The lowest BCUT2D eigenvalue weighted by Gasteiger charge is -2.21. The molecule has 0 saturated carbocycles. The molecule has 2 heterocycles. The standard InChI is InChI=1S/C20H23Cl2N2O4PS/c1-4-15(13-6-5-12(21)10-14(13)22)28-29(25,26)16-7-8-27-19(16)18-17(9-11(2)3)30-20(23)24-18/h5-8,10-11,15H,4,9H2,1-3H3,(H2,23,24)(H,25,26). The molecule has 2 atom stereocenters. The molecule has 0 fully saturated rings. The van der Waals surface area contributed by atoms with Gasteiger partial charge in [-0.2, -0.15) is 0 Å². The number of benzene rings is 1. The number of rotatable bonds is 8. The Hall–Kier alpha value is -1.34. The van der Waals surface area contributed by atoms with E-state index in [4.69, 9.17) is 37.9 Å². The molecule has 0 aliphatic rings. The maximum absolute atomic E-state index is 13.3. The summed E-state index contributed by atoms with van der Waals surface area (Å²) in [6.07, 6.45) is 1.80. The number of hydrogen-bond acceptors (Lipinski definition) is 6. The molecule has 0 saturated heterocycles. The van der Waals surface area contributed by atoms with E-state index in [-0.39, 0.29) is 11.1 Å². The van der Waals surface area contributed by atoms with Gasteiger partial charge in [-0.3, -0.25) is 9.09 Å². The highest BCUT2D eigenvalue weighted by Crippen LogP contribution is 2.50. The van der Waals surface area contributed by atoms with Crippen molar-refractivity contribution >= 4 is 52.6 Å². The van der Waals surface area contributed by atoms with Crippen molar-refractivity contribution in [2.75, 3.05) is 5.73 Å². The van der Waals surface area contributed by atoms with E-state index in [9.17, 15) is 9.46 Å². The minimum Gasteiger partial charge on any atom is -0.462 e. The Balaban J connectivity index is 1.97. The van der Waals surface area contributed by atoms with Crippen LogP contribution >= 0.6 is 42.1 Å². The maximum atomic E-state index is 13.3. The van der Waals surface area contributed by atoms with Crippen LogP contribution in [0.3, 0.4) is 0 Å². The zero-order chi connectivity index (χ0) is 22.1. The zero-order valence-corrected chi connectivity index (χ0v) is 20.0. The first-order valence-corrected chi connectivity index (χ1v) is 12.6. The Labute approximate surface area is 189 Å². The first-order valence-electron chi connectivity index (χ1n) is 9.42. The summed E-state index contributed by atoms with van der Waals surface area (Å²) in [5.41, 5.74) is 6.96. The van der Waals surface area contributed by atoms with Gasteiger partial charge in [0.25, 0.3) is 0 Å². The third-order valence-corrected chi connectivity index (χ3v) is 7.39. The summed E-state index contributed by atoms with van der Waals surface area (Å²) < 4.78 is 24.5. The lowest BCUT2D eigenvalue weighted by Crippen LogP contribution is -2.12. The summed E-state index contributed by atoms with van der Waals surface area (Å²) in [4.78, 5) is 16.1. The summed E-state index contributed by atoms with van der Waals surface area (Å²) in [6, 6.07) is 6.36. The van der Waals surface area contributed by atoms with Gasteiger partial charge in [-0.05, 0) is 37.0 Å². The van der Waals surface area contributed by atoms with Crippen LogP contribution in [0.1, 0.15) is 43.7 Å². The average molecular weight is 489 g/mol. The van der Waals surface area contributed by atoms with E-state index < -0.39 is 13.7 Å². The van der Waals surface area contributed by atoms with Crippen LogP contribution in [0.5, 0.6) is 0 Å². The average Bonchev–Trinajstić information content (AvgIpc) is 3.26. The first kappa shape index (κ1) is 23.3. The zero-order valence-electron chi connectivity index (χ0n) is 16.8. The molecule has 6 nitrogen and oxygen atoms in total. The summed E-state index contributed by atoms with van der Waals surface area (Å²) in [5.74, 6) is 0.553. The molecule has 0 spiro atoms. The molecule has 0 bridgehead atoms. The molecule has 162 valence electrons. The third kappa shape index (κ3) is 5.10. The van der Waals surface area contributed by atoms with Crippen molar-refractivity contribution in [2.45, 2.75) is 39.7 Å². The number of halogens is 2. The molecule has 10 heteroatoms. The quantitative estimate of drug-likeness (QED) is 0.352. The lowest BCUT2D eigenvalue weighted by molar-refractivity contribution is 0.178. The smallest absolute Gasteiger partial charge is 0.363 e. The molecule has 0 radical (unpaired) electrons. The van der Waals surface area contributed by atoms with Gasteiger partial charge in [-0.1, -0.05) is 50.0 Å². The number of furan rings is 1. The Morgan fingerprint density at radius 3 is 2.70 bits per heavy atom. The molecule has 1 aromatic carbocycles. The maximum Gasteiger partial charge on any atom is 0.363 e. The van der Waals surface area contributed by atoms with E-state index in [0.29, 0.717) is 38.8 Å². The van der Waals surface area contributed by atoms with Crippen molar-refractivity contribution in [2.24, 2.45) is 5.92 Å². The largest absolute Gasteiger partial charge is 0.462 e. The Morgan fingerprint density at radius 2 is 2.07 bits per heavy atom. The number of nitrogens with zero attached hydrogens (tertiary/aromatic N) is 1. The van der Waals surface area contributed by atoms with Crippen molar-refractivity contribution in [3.05, 3.63) is 51.0 Å². The summed E-state index contributed by atoms with van der Waals surface area (Å²) in [5, 5.41) is 1.26. The van der Waals surface area contributed by atoms with E-state index in [2.05, 4.69) is 18.8 Å². The van der Waals surface area contributed by atoms with E-state index in [1.54, 1.807) is 18.2 Å². The van der Waals surface area contributed by atoms with Crippen LogP contribution in [0.2, 0.25) is 10.0 Å². The van der Waals surface area contributed by atoms with Crippen molar-refractivity contribution in [3.8, 4) is 11.5 Å². The van der Waals surface area contributed by atoms with Gasteiger partial charge in [0, 0.05) is 20.5 Å². The van der Waals surface area contributed by atoms with Gasteiger partial charge < -0.3 is 15.0 Å². The third-order valence-electron chi connectivity index (χ3n) is 4.42. The number of hydrogen-bond donors (Lipinski definition) is 2. The summed E-state index contributed by atoms with van der Waals surface area (Å²) >= 11 is 13.6. The van der Waals surface area contributed by atoms with Crippen molar-refractivity contribution in [3.63, 3.8) is 0 Å². The van der Waals surface area contributed by atoms with E-state index >= 15 is 0 Å². The monoisotopic (exact) mass is 488 g/mol. The number of nitrogen functional groups attached to an aromatic ring is 1. The summed E-state index contributed by atoms with van der Waals surface area (Å²) in [7, 11) is -4.28. The van der Waals surface area contributed by atoms with Crippen LogP contribution in [0, 0.1) is 5.92 Å². The predicted molar refractivity (Wildman–Crippen MR) is 123 cm³/mol. The fraction of sp³-hybridized carbons (Fsp3) is 0.350. The van der Waals surface area contributed by atoms with Crippen LogP contribution in [0.4, 0.5) is 5.13 Å². The predicted octanol–water partition coefficient (Wildman–Crippen LogP) is 6.47. The fourth-order valence-electron chi connectivity index (χ4n) is 3.10. The van der Waals surface area contributed by atoms with Crippen LogP contribution in [-0.4, -0.2) is 9.88 Å². The Bertz CT molecular complexity index is 1080. The SMILES string of the molecule is CCC(OP(=O)(O)c1ccoc1-c1nc(N)sc1CC(C)C)c1ccc(Cl)cc1Cl. The Morgan fingerprint density at radius 1 is 1.33 bits per heavy atom. The van der Waals surface area contributed by atoms with Gasteiger partial charge in [0.2, 0.25) is 0 Å². The normalized spacial score (nSPS) is 14.8. The van der Waals surface area contributed by atoms with Crippen LogP contribution < -0.4 is 11.0 Å². The molecule has 2 unspecified atom stereocenters. The van der Waals surface area contributed by atoms with Gasteiger partial charge in [-0.25, -0.2) is 4.98 Å². The second-order valence-electron chi connectivity index (χ2n) is 7.25. The van der Waals surface area contributed by atoms with Gasteiger partial charge in [-0.15, -0.1) is 11.3 Å². The van der Waals surface area contributed by atoms with Crippen LogP contribution in [0.25, 0.3) is 11.5 Å². The molecule has 2 aromatic heterocycles. The van der Waals surface area contributed by atoms with Crippen molar-refractivity contribution in [1.29, 1.82) is 0 Å². The fourth-order valence-corrected chi connectivity index (χ4v) is 6.06. The molecule has 3 N–H and O–H groups in total. The van der Waals surface area contributed by atoms with E-state index in [1.165, 1.54) is 23.7 Å². The summed E-state index contributed by atoms with van der Waals surface area (Å²) in [6.45, 7) is 5.99. The highest BCUT2D eigenvalue weighted by molar-refractivity contribution is 7.61. The number of anilines is 1. The van der Waals surface area contributed by atoms with E-state index in [0.717, 1.165) is 11.3 Å². The molecule has 0 amide bonds. The van der Waals surface area contributed by atoms with Crippen molar-refractivity contribution in [1.82, 2.24) is 4.98 Å². The van der Waals surface area contributed by atoms with Crippen LogP contribution in [0.15, 0.2) is 34.9 Å². The van der Waals surface area contributed by atoms with Gasteiger partial charge in [0.15, 0.2) is 10.9 Å². The first-order chi connectivity index (χ1) is 14.1. The molecular weight excluding hydrogens is 466 g/mol. The number of aromatic nitrogens is 1. The topological polar surface area (TPSA) is 98.6 Å². The lowest BCUT2D eigenvalue weighted by atomic mass is 10.1. The molecule has 0 aliphatic heterocycles. The highest BCUT2D eigenvalue weighted by atomic mass is 35.5. The second-order valence-corrected chi connectivity index (χ2v) is 10.9. The van der Waals surface area contributed by atoms with E-state index in [1.807, 2.05) is 6.92 Å². The van der Waals surface area contributed by atoms with Crippen molar-refractivity contribution < 1.29 is 18.4 Å². The molecular formula is C20H23Cl2N2O4PS. The van der Waals surface area contributed by atoms with Gasteiger partial charge >= 0.3 is 7.60 Å². The second kappa shape index (κ2) is 9.43. The number of nitrogens with two attached hydrogens (primary N) is 1. The minimum absolute atomic E-state index is 0.0429. The molecule has 3 aromatic rings. The number of thiazole rings is 1. The van der Waals surface area contributed by atoms with Gasteiger partial charge in [0.05, 0.1) is 12.4 Å². The van der Waals surface area contributed by atoms with Gasteiger partial charge in [0.1, 0.15) is 11.0 Å². The highest BCUT2D eigenvalue weighted by Gasteiger charge is 2.34. The minimum atomic E-state index is -4.28. The molecule has 0 aliphatic carbocycles. The molecule has 3 rings (SSSR count).